The van der Waals surface area contributed by atoms with Crippen molar-refractivity contribution in [3.8, 4) is 0 Å². The van der Waals surface area contributed by atoms with Gasteiger partial charge >= 0.3 is 0 Å². The molecule has 64 valence electrons. The molecule has 0 aromatic carbocycles. The molecule has 2 aliphatic heterocycles. The Labute approximate surface area is 67.5 Å². The van der Waals surface area contributed by atoms with Gasteiger partial charge in [-0.2, -0.15) is 0 Å². The number of nitrogens with one attached hydrogen (secondary N) is 2. The SMILES string of the molecule is C1CNCC2(C1)CNCCO2. The van der Waals surface area contributed by atoms with E-state index in [0.29, 0.717) is 0 Å². The minimum absolute atomic E-state index is 0.135. The van der Waals surface area contributed by atoms with E-state index in [9.17, 15) is 0 Å². The van der Waals surface area contributed by atoms with Crippen molar-refractivity contribution in [3.05, 3.63) is 0 Å². The van der Waals surface area contributed by atoms with Crippen LogP contribution in [0.15, 0.2) is 0 Å². The minimum Gasteiger partial charge on any atom is -0.371 e. The van der Waals surface area contributed by atoms with Gasteiger partial charge in [0.05, 0.1) is 12.2 Å². The summed E-state index contributed by atoms with van der Waals surface area (Å²) in [5.74, 6) is 0. The van der Waals surface area contributed by atoms with Crippen molar-refractivity contribution < 1.29 is 4.74 Å². The van der Waals surface area contributed by atoms with Crippen LogP contribution in [0.25, 0.3) is 0 Å². The highest BCUT2D eigenvalue weighted by Crippen LogP contribution is 2.21. The normalized spacial score (nSPS) is 39.3. The fourth-order valence-corrected chi connectivity index (χ4v) is 1.92. The molecule has 2 saturated heterocycles. The van der Waals surface area contributed by atoms with E-state index in [1.807, 2.05) is 0 Å². The predicted molar refractivity (Wildman–Crippen MR) is 43.7 cm³/mol. The summed E-state index contributed by atoms with van der Waals surface area (Å²) < 4.78 is 5.78. The first-order valence-electron chi connectivity index (χ1n) is 4.47. The maximum atomic E-state index is 5.78. The lowest BCUT2D eigenvalue weighted by atomic mass is 9.93. The van der Waals surface area contributed by atoms with Gasteiger partial charge in [0.2, 0.25) is 0 Å². The Bertz CT molecular complexity index is 107. The van der Waals surface area contributed by atoms with Crippen LogP contribution in [0.1, 0.15) is 12.8 Å². The quantitative estimate of drug-likeness (QED) is 0.506. The summed E-state index contributed by atoms with van der Waals surface area (Å²) in [6.45, 7) is 5.11. The molecule has 2 aliphatic rings. The third kappa shape index (κ3) is 1.55. The first-order chi connectivity index (χ1) is 5.41. The zero-order valence-electron chi connectivity index (χ0n) is 6.86. The van der Waals surface area contributed by atoms with E-state index in [4.69, 9.17) is 4.74 Å². The zero-order valence-corrected chi connectivity index (χ0v) is 6.86. The Balaban J connectivity index is 1.94. The summed E-state index contributed by atoms with van der Waals surface area (Å²) in [5.41, 5.74) is 0.135. The summed E-state index contributed by atoms with van der Waals surface area (Å²) in [7, 11) is 0. The smallest absolute Gasteiger partial charge is 0.0930 e. The fraction of sp³-hybridized carbons (Fsp3) is 1.00. The molecule has 0 aromatic rings. The lowest BCUT2D eigenvalue weighted by Gasteiger charge is -2.40. The molecule has 2 fully saturated rings. The van der Waals surface area contributed by atoms with Crippen LogP contribution in [0.5, 0.6) is 0 Å². The lowest BCUT2D eigenvalue weighted by molar-refractivity contribution is -0.0783. The van der Waals surface area contributed by atoms with Gasteiger partial charge in [0.25, 0.3) is 0 Å². The molecule has 0 aromatic heterocycles. The van der Waals surface area contributed by atoms with Crippen LogP contribution in [-0.2, 0) is 4.74 Å². The van der Waals surface area contributed by atoms with E-state index in [0.717, 1.165) is 32.8 Å². The van der Waals surface area contributed by atoms with E-state index >= 15 is 0 Å². The summed E-state index contributed by atoms with van der Waals surface area (Å²) >= 11 is 0. The van der Waals surface area contributed by atoms with Crippen molar-refractivity contribution in [3.63, 3.8) is 0 Å². The second kappa shape index (κ2) is 3.09. The fourth-order valence-electron chi connectivity index (χ4n) is 1.92. The standard InChI is InChI=1S/C8H16N2O/c1-2-8(6-9-3-1)7-10-4-5-11-8/h9-10H,1-7H2. The molecule has 3 nitrogen and oxygen atoms in total. The molecule has 11 heavy (non-hydrogen) atoms. The highest BCUT2D eigenvalue weighted by Gasteiger charge is 2.34. The second-order valence-electron chi connectivity index (χ2n) is 3.49. The number of hydrogen-bond acceptors (Lipinski definition) is 3. The molecule has 0 radical (unpaired) electrons. The van der Waals surface area contributed by atoms with Crippen molar-refractivity contribution in [1.29, 1.82) is 0 Å². The monoisotopic (exact) mass is 156 g/mol. The number of morpholine rings is 1. The van der Waals surface area contributed by atoms with Crippen LogP contribution in [0, 0.1) is 0 Å². The molecule has 0 amide bonds. The maximum Gasteiger partial charge on any atom is 0.0930 e. The van der Waals surface area contributed by atoms with Crippen molar-refractivity contribution in [1.82, 2.24) is 10.6 Å². The molecule has 0 aliphatic carbocycles. The largest absolute Gasteiger partial charge is 0.371 e. The molecule has 2 N–H and O–H groups in total. The van der Waals surface area contributed by atoms with E-state index in [1.165, 1.54) is 12.8 Å². The summed E-state index contributed by atoms with van der Waals surface area (Å²) in [6, 6.07) is 0. The third-order valence-electron chi connectivity index (χ3n) is 2.57. The maximum absolute atomic E-state index is 5.78. The van der Waals surface area contributed by atoms with E-state index in [2.05, 4.69) is 10.6 Å². The van der Waals surface area contributed by atoms with Gasteiger partial charge in [-0.25, -0.2) is 0 Å². The van der Waals surface area contributed by atoms with Gasteiger partial charge in [-0.05, 0) is 19.4 Å². The molecule has 1 atom stereocenters. The van der Waals surface area contributed by atoms with Crippen molar-refractivity contribution in [2.45, 2.75) is 18.4 Å². The van der Waals surface area contributed by atoms with Crippen LogP contribution < -0.4 is 10.6 Å². The van der Waals surface area contributed by atoms with Gasteiger partial charge in [0, 0.05) is 19.6 Å². The Morgan fingerprint density at radius 1 is 1.09 bits per heavy atom. The van der Waals surface area contributed by atoms with Crippen LogP contribution in [0.4, 0.5) is 0 Å². The Hall–Kier alpha value is -0.120. The summed E-state index contributed by atoms with van der Waals surface area (Å²) in [6.07, 6.45) is 2.47. The lowest BCUT2D eigenvalue weighted by Crippen LogP contribution is -2.57. The summed E-state index contributed by atoms with van der Waals surface area (Å²) in [5, 5.41) is 6.76. The van der Waals surface area contributed by atoms with Gasteiger partial charge in [-0.15, -0.1) is 0 Å². The average Bonchev–Trinajstić information content (AvgIpc) is 2.07. The number of rotatable bonds is 0. The van der Waals surface area contributed by atoms with Crippen molar-refractivity contribution in [2.24, 2.45) is 0 Å². The predicted octanol–water partition coefficient (Wildman–Crippen LogP) is -0.272. The van der Waals surface area contributed by atoms with Crippen molar-refractivity contribution in [2.75, 3.05) is 32.8 Å². The molecule has 2 heterocycles. The Kier molecular flexibility index (Phi) is 2.11. The van der Waals surface area contributed by atoms with Gasteiger partial charge in [0.15, 0.2) is 0 Å². The van der Waals surface area contributed by atoms with Gasteiger partial charge in [0.1, 0.15) is 0 Å². The molecule has 2 rings (SSSR count). The Morgan fingerprint density at radius 3 is 2.45 bits per heavy atom. The van der Waals surface area contributed by atoms with Gasteiger partial charge in [-0.1, -0.05) is 0 Å². The first kappa shape index (κ1) is 7.53. The first-order valence-corrected chi connectivity index (χ1v) is 4.47. The van der Waals surface area contributed by atoms with Gasteiger partial charge in [-0.3, -0.25) is 0 Å². The molecular formula is C8H16N2O. The van der Waals surface area contributed by atoms with Crippen LogP contribution in [-0.4, -0.2) is 38.4 Å². The van der Waals surface area contributed by atoms with E-state index < -0.39 is 0 Å². The minimum atomic E-state index is 0.135. The highest BCUT2D eigenvalue weighted by atomic mass is 16.5. The molecular weight excluding hydrogens is 140 g/mol. The van der Waals surface area contributed by atoms with Crippen LogP contribution in [0.2, 0.25) is 0 Å². The average molecular weight is 156 g/mol. The Morgan fingerprint density at radius 2 is 1.91 bits per heavy atom. The van der Waals surface area contributed by atoms with Crippen LogP contribution >= 0.6 is 0 Å². The van der Waals surface area contributed by atoms with Gasteiger partial charge < -0.3 is 15.4 Å². The number of piperidine rings is 1. The highest BCUT2D eigenvalue weighted by molar-refractivity contribution is 4.91. The van der Waals surface area contributed by atoms with Crippen LogP contribution in [0.3, 0.4) is 0 Å². The molecule has 1 spiro atoms. The third-order valence-corrected chi connectivity index (χ3v) is 2.57. The topological polar surface area (TPSA) is 33.3 Å². The molecule has 0 saturated carbocycles. The van der Waals surface area contributed by atoms with Crippen molar-refractivity contribution >= 4 is 0 Å². The number of ether oxygens (including phenoxy) is 1. The zero-order chi connectivity index (χ0) is 7.57. The summed E-state index contributed by atoms with van der Waals surface area (Å²) in [4.78, 5) is 0. The number of hydrogen-bond donors (Lipinski definition) is 2. The molecule has 0 bridgehead atoms. The van der Waals surface area contributed by atoms with E-state index in [1.54, 1.807) is 0 Å². The second-order valence-corrected chi connectivity index (χ2v) is 3.49. The molecule has 3 heteroatoms. The molecule has 1 unspecified atom stereocenters. The van der Waals surface area contributed by atoms with E-state index in [-0.39, 0.29) is 5.60 Å².